The van der Waals surface area contributed by atoms with E-state index < -0.39 is 10.7 Å². The molecule has 0 bridgehead atoms. The number of thiazole rings is 1. The van der Waals surface area contributed by atoms with Crippen molar-refractivity contribution in [3.05, 3.63) is 50.7 Å². The minimum Gasteiger partial charge on any atom is -0.375 e. The number of hydrogen-bond donors (Lipinski definition) is 1. The number of nitrogens with zero attached hydrogens (tertiary/aromatic N) is 2. The molecule has 0 saturated heterocycles. The largest absolute Gasteiger partial charge is 0.375 e. The Labute approximate surface area is 106 Å². The molecule has 0 radical (unpaired) electrons. The molecular weight excluding hydrogens is 257 g/mol. The van der Waals surface area contributed by atoms with E-state index in [2.05, 4.69) is 10.3 Å². The van der Waals surface area contributed by atoms with Crippen LogP contribution in [-0.2, 0) is 0 Å². The summed E-state index contributed by atoms with van der Waals surface area (Å²) in [6, 6.07) is 3.36. The average molecular weight is 267 g/mol. The fourth-order valence-electron chi connectivity index (χ4n) is 1.48. The van der Waals surface area contributed by atoms with Crippen molar-refractivity contribution in [2.24, 2.45) is 0 Å². The zero-order valence-electron chi connectivity index (χ0n) is 9.46. The normalized spacial score (nSPS) is 12.1. The molecular formula is C11H10FN3O2S. The molecule has 0 aliphatic carbocycles. The minimum absolute atomic E-state index is 0.160. The highest BCUT2D eigenvalue weighted by Gasteiger charge is 2.13. The zero-order valence-corrected chi connectivity index (χ0v) is 10.3. The Morgan fingerprint density at radius 2 is 2.33 bits per heavy atom. The van der Waals surface area contributed by atoms with Crippen LogP contribution in [-0.4, -0.2) is 9.91 Å². The predicted molar refractivity (Wildman–Crippen MR) is 67.2 cm³/mol. The van der Waals surface area contributed by atoms with Crippen LogP contribution in [0.3, 0.4) is 0 Å². The summed E-state index contributed by atoms with van der Waals surface area (Å²) in [4.78, 5) is 14.0. The third-order valence-corrected chi connectivity index (χ3v) is 3.04. The summed E-state index contributed by atoms with van der Waals surface area (Å²) in [6.07, 6.45) is 0. The van der Waals surface area contributed by atoms with Gasteiger partial charge in [0, 0.05) is 11.4 Å². The van der Waals surface area contributed by atoms with E-state index in [9.17, 15) is 14.5 Å². The first kappa shape index (κ1) is 12.4. The third kappa shape index (κ3) is 2.62. The first-order chi connectivity index (χ1) is 8.58. The Balaban J connectivity index is 2.17. The van der Waals surface area contributed by atoms with E-state index in [0.29, 0.717) is 0 Å². The molecule has 1 aromatic heterocycles. The number of anilines is 1. The smallest absolute Gasteiger partial charge is 0.272 e. The maximum atomic E-state index is 13.6. The molecule has 0 amide bonds. The second-order valence-electron chi connectivity index (χ2n) is 3.70. The number of nitrogens with one attached hydrogen (secondary N) is 1. The van der Waals surface area contributed by atoms with Crippen molar-refractivity contribution in [1.29, 1.82) is 0 Å². The van der Waals surface area contributed by atoms with Gasteiger partial charge in [0.25, 0.3) is 5.69 Å². The molecule has 1 atom stereocenters. The molecule has 0 aliphatic rings. The quantitative estimate of drug-likeness (QED) is 0.681. The standard InChI is InChI=1S/C11H10FN3O2S/c1-7(11-5-18-6-13-11)14-10-3-2-8(15(16)17)4-9(10)12/h2-7,14H,1H3. The Morgan fingerprint density at radius 1 is 1.56 bits per heavy atom. The van der Waals surface area contributed by atoms with Gasteiger partial charge in [0.15, 0.2) is 5.82 Å². The number of rotatable bonds is 4. The summed E-state index contributed by atoms with van der Waals surface area (Å²) in [5, 5.41) is 15.3. The molecule has 94 valence electrons. The van der Waals surface area contributed by atoms with Crippen LogP contribution in [0.15, 0.2) is 29.1 Å². The van der Waals surface area contributed by atoms with Gasteiger partial charge in [0.05, 0.1) is 33.9 Å². The molecule has 1 unspecified atom stereocenters. The number of halogens is 1. The molecule has 7 heteroatoms. The minimum atomic E-state index is -0.647. The number of benzene rings is 1. The van der Waals surface area contributed by atoms with Crippen molar-refractivity contribution in [1.82, 2.24) is 4.98 Å². The van der Waals surface area contributed by atoms with Crippen molar-refractivity contribution in [3.63, 3.8) is 0 Å². The van der Waals surface area contributed by atoms with Crippen LogP contribution in [0.2, 0.25) is 0 Å². The lowest BCUT2D eigenvalue weighted by Gasteiger charge is -2.13. The number of non-ortho nitro benzene ring substituents is 1. The van der Waals surface area contributed by atoms with E-state index >= 15 is 0 Å². The molecule has 5 nitrogen and oxygen atoms in total. The highest BCUT2D eigenvalue weighted by molar-refractivity contribution is 7.07. The summed E-state index contributed by atoms with van der Waals surface area (Å²) in [7, 11) is 0. The summed E-state index contributed by atoms with van der Waals surface area (Å²) in [6.45, 7) is 1.84. The summed E-state index contributed by atoms with van der Waals surface area (Å²) >= 11 is 1.45. The lowest BCUT2D eigenvalue weighted by atomic mass is 10.2. The maximum Gasteiger partial charge on any atom is 0.272 e. The molecule has 1 aromatic carbocycles. The number of hydrogen-bond acceptors (Lipinski definition) is 5. The molecule has 0 saturated carbocycles. The van der Waals surface area contributed by atoms with Crippen molar-refractivity contribution in [2.45, 2.75) is 13.0 Å². The summed E-state index contributed by atoms with van der Waals surface area (Å²) in [5.41, 5.74) is 2.46. The summed E-state index contributed by atoms with van der Waals surface area (Å²) in [5.74, 6) is -0.647. The molecule has 0 fully saturated rings. The highest BCUT2D eigenvalue weighted by Crippen LogP contribution is 2.24. The van der Waals surface area contributed by atoms with Crippen LogP contribution in [0.4, 0.5) is 15.8 Å². The van der Waals surface area contributed by atoms with Crippen molar-refractivity contribution in [2.75, 3.05) is 5.32 Å². The average Bonchev–Trinajstić information content (AvgIpc) is 2.85. The van der Waals surface area contributed by atoms with Crippen LogP contribution >= 0.6 is 11.3 Å². The van der Waals surface area contributed by atoms with E-state index in [0.717, 1.165) is 11.8 Å². The second-order valence-corrected chi connectivity index (χ2v) is 4.42. The van der Waals surface area contributed by atoms with Crippen LogP contribution in [0.5, 0.6) is 0 Å². The Bertz CT molecular complexity index is 559. The number of aromatic nitrogens is 1. The Hall–Kier alpha value is -2.02. The van der Waals surface area contributed by atoms with Gasteiger partial charge in [-0.1, -0.05) is 0 Å². The number of nitro groups is 1. The van der Waals surface area contributed by atoms with Crippen LogP contribution < -0.4 is 5.32 Å². The molecule has 2 rings (SSSR count). The van der Waals surface area contributed by atoms with Gasteiger partial charge >= 0.3 is 0 Å². The highest BCUT2D eigenvalue weighted by atomic mass is 32.1. The number of nitro benzene ring substituents is 1. The monoisotopic (exact) mass is 267 g/mol. The Kier molecular flexibility index (Phi) is 3.52. The fraction of sp³-hybridized carbons (Fsp3) is 0.182. The molecule has 18 heavy (non-hydrogen) atoms. The Morgan fingerprint density at radius 3 is 2.89 bits per heavy atom. The molecule has 0 spiro atoms. The topological polar surface area (TPSA) is 68.1 Å². The van der Waals surface area contributed by atoms with Gasteiger partial charge in [-0.2, -0.15) is 0 Å². The maximum absolute atomic E-state index is 13.6. The molecule has 2 aromatic rings. The van der Waals surface area contributed by atoms with E-state index in [1.807, 2.05) is 12.3 Å². The predicted octanol–water partition coefficient (Wildman–Crippen LogP) is 3.36. The lowest BCUT2D eigenvalue weighted by Crippen LogP contribution is -2.08. The van der Waals surface area contributed by atoms with Crippen molar-refractivity contribution in [3.8, 4) is 0 Å². The first-order valence-corrected chi connectivity index (χ1v) is 6.11. The van der Waals surface area contributed by atoms with E-state index in [1.54, 1.807) is 5.51 Å². The van der Waals surface area contributed by atoms with Crippen molar-refractivity contribution < 1.29 is 9.31 Å². The van der Waals surface area contributed by atoms with E-state index in [-0.39, 0.29) is 17.4 Å². The fourth-order valence-corrected chi connectivity index (χ4v) is 2.13. The molecule has 1 heterocycles. The van der Waals surface area contributed by atoms with Gasteiger partial charge in [-0.15, -0.1) is 11.3 Å². The van der Waals surface area contributed by atoms with Crippen molar-refractivity contribution >= 4 is 22.7 Å². The first-order valence-electron chi connectivity index (χ1n) is 5.16. The molecule has 1 N–H and O–H groups in total. The van der Waals surface area contributed by atoms with Gasteiger partial charge in [-0.25, -0.2) is 9.37 Å². The van der Waals surface area contributed by atoms with Crippen LogP contribution in [0.25, 0.3) is 0 Å². The van der Waals surface area contributed by atoms with Gasteiger partial charge in [-0.05, 0) is 13.0 Å². The van der Waals surface area contributed by atoms with E-state index in [4.69, 9.17) is 0 Å². The molecule has 0 aliphatic heterocycles. The van der Waals surface area contributed by atoms with E-state index in [1.165, 1.54) is 23.5 Å². The van der Waals surface area contributed by atoms with Crippen LogP contribution in [0.1, 0.15) is 18.7 Å². The van der Waals surface area contributed by atoms with Crippen LogP contribution in [0, 0.1) is 15.9 Å². The SMILES string of the molecule is CC(Nc1ccc([N+](=O)[O-])cc1F)c1cscn1. The summed E-state index contributed by atoms with van der Waals surface area (Å²) < 4.78 is 13.6. The lowest BCUT2D eigenvalue weighted by molar-refractivity contribution is -0.385. The third-order valence-electron chi connectivity index (χ3n) is 2.43. The van der Waals surface area contributed by atoms with Gasteiger partial charge in [0.1, 0.15) is 0 Å². The van der Waals surface area contributed by atoms with Gasteiger partial charge in [0.2, 0.25) is 0 Å². The zero-order chi connectivity index (χ0) is 13.1. The van der Waals surface area contributed by atoms with Gasteiger partial charge in [-0.3, -0.25) is 10.1 Å². The second kappa shape index (κ2) is 5.09. The van der Waals surface area contributed by atoms with Gasteiger partial charge < -0.3 is 5.32 Å².